The zero-order valence-electron chi connectivity index (χ0n) is 22.4. The maximum Gasteiger partial charge on any atom is 0.343 e. The van der Waals surface area contributed by atoms with Crippen LogP contribution >= 0.6 is 15.9 Å². The molecule has 0 radical (unpaired) electrons. The lowest BCUT2D eigenvalue weighted by atomic mass is 10.1. The molecule has 0 aromatic heterocycles. The number of hydrogen-bond donors (Lipinski definition) is 2. The molecule has 0 saturated carbocycles. The summed E-state index contributed by atoms with van der Waals surface area (Å²) in [6, 6.07) is 29.7. The normalized spacial score (nSPS) is 11.1. The first-order valence-electron chi connectivity index (χ1n) is 12.6. The Balaban J connectivity index is 1.54. The van der Waals surface area contributed by atoms with Crippen LogP contribution in [0.2, 0.25) is 0 Å². The van der Waals surface area contributed by atoms with Gasteiger partial charge in [-0.2, -0.15) is 5.10 Å². The molecule has 2 N–H and O–H groups in total. The topological polar surface area (TPSA) is 100 Å². The fourth-order valence-corrected chi connectivity index (χ4v) is 4.02. The van der Waals surface area contributed by atoms with E-state index < -0.39 is 17.8 Å². The van der Waals surface area contributed by atoms with Gasteiger partial charge in [0, 0.05) is 35.4 Å². The molecule has 0 saturated heterocycles. The predicted octanol–water partition coefficient (Wildman–Crippen LogP) is 5.66. The molecular weight excluding hydrogens is 584 g/mol. The van der Waals surface area contributed by atoms with Gasteiger partial charge >= 0.3 is 5.97 Å². The Morgan fingerprint density at radius 3 is 2.10 bits per heavy atom. The van der Waals surface area contributed by atoms with Crippen molar-refractivity contribution < 1.29 is 19.1 Å². The maximum atomic E-state index is 13.2. The largest absolute Gasteiger partial charge is 0.422 e. The summed E-state index contributed by atoms with van der Waals surface area (Å²) >= 11 is 3.40. The number of nitrogens with one attached hydrogen (secondary N) is 2. The summed E-state index contributed by atoms with van der Waals surface area (Å²) < 4.78 is 6.29. The van der Waals surface area contributed by atoms with Crippen LogP contribution in [0.1, 0.15) is 31.8 Å². The third-order valence-electron chi connectivity index (χ3n) is 5.80. The minimum Gasteiger partial charge on any atom is -0.422 e. The molecule has 206 valence electrons. The number of nitrogens with zero attached hydrogens (tertiary/aromatic N) is 2. The van der Waals surface area contributed by atoms with Gasteiger partial charge < -0.3 is 15.0 Å². The van der Waals surface area contributed by atoms with Gasteiger partial charge in [-0.15, -0.1) is 0 Å². The molecule has 0 bridgehead atoms. The number of carbonyl (C=O) groups is 3. The van der Waals surface area contributed by atoms with Crippen molar-refractivity contribution >= 4 is 51.7 Å². The van der Waals surface area contributed by atoms with E-state index in [9.17, 15) is 14.4 Å². The van der Waals surface area contributed by atoms with Crippen molar-refractivity contribution in [1.29, 1.82) is 0 Å². The van der Waals surface area contributed by atoms with Gasteiger partial charge in [-0.3, -0.25) is 9.59 Å². The van der Waals surface area contributed by atoms with Crippen molar-refractivity contribution in [3.63, 3.8) is 0 Å². The van der Waals surface area contributed by atoms with Crippen molar-refractivity contribution in [3.05, 3.63) is 136 Å². The van der Waals surface area contributed by atoms with Gasteiger partial charge in [0.15, 0.2) is 0 Å². The van der Waals surface area contributed by atoms with Gasteiger partial charge in [-0.1, -0.05) is 64.5 Å². The van der Waals surface area contributed by atoms with Gasteiger partial charge in [0.2, 0.25) is 0 Å². The molecule has 8 nitrogen and oxygen atoms in total. The maximum absolute atomic E-state index is 13.2. The molecule has 4 aromatic carbocycles. The second-order valence-electron chi connectivity index (χ2n) is 9.00. The fraction of sp³-hybridized carbons (Fsp3) is 0.0625. The summed E-state index contributed by atoms with van der Waals surface area (Å²) in [6.45, 7) is 0. The van der Waals surface area contributed by atoms with E-state index in [0.717, 1.165) is 10.2 Å². The molecule has 4 rings (SSSR count). The third-order valence-corrected chi connectivity index (χ3v) is 6.30. The molecule has 0 aliphatic rings. The molecule has 0 aliphatic heterocycles. The molecule has 41 heavy (non-hydrogen) atoms. The van der Waals surface area contributed by atoms with Crippen molar-refractivity contribution in [2.75, 3.05) is 19.0 Å². The van der Waals surface area contributed by atoms with Gasteiger partial charge in [0.25, 0.3) is 11.8 Å². The van der Waals surface area contributed by atoms with Gasteiger partial charge in [-0.25, -0.2) is 10.2 Å². The number of benzene rings is 4. The molecule has 0 fully saturated rings. The van der Waals surface area contributed by atoms with E-state index in [1.54, 1.807) is 84.9 Å². The SMILES string of the molecule is CN(C)c1ccc(C=C(NC(=O)c2ccccc2)C(=O)NN=Cc2cc(Br)ccc2OC(=O)c2ccccc2)cc1. The van der Waals surface area contributed by atoms with E-state index in [0.29, 0.717) is 22.3 Å². The summed E-state index contributed by atoms with van der Waals surface area (Å²) in [6.07, 6.45) is 2.93. The van der Waals surface area contributed by atoms with E-state index in [1.165, 1.54) is 6.21 Å². The Hall–Kier alpha value is -5.02. The number of esters is 1. The summed E-state index contributed by atoms with van der Waals surface area (Å²) in [5.74, 6) is -1.35. The number of hydrazone groups is 1. The highest BCUT2D eigenvalue weighted by molar-refractivity contribution is 9.10. The van der Waals surface area contributed by atoms with Crippen LogP contribution in [-0.4, -0.2) is 38.1 Å². The fourth-order valence-electron chi connectivity index (χ4n) is 3.64. The number of amides is 2. The van der Waals surface area contributed by atoms with E-state index in [-0.39, 0.29) is 11.4 Å². The first-order chi connectivity index (χ1) is 19.8. The molecule has 0 unspecified atom stereocenters. The summed E-state index contributed by atoms with van der Waals surface area (Å²) in [5, 5.41) is 6.75. The Kier molecular flexibility index (Phi) is 9.80. The van der Waals surface area contributed by atoms with Crippen molar-refractivity contribution in [1.82, 2.24) is 10.7 Å². The molecule has 4 aromatic rings. The van der Waals surface area contributed by atoms with Crippen LogP contribution in [0.3, 0.4) is 0 Å². The van der Waals surface area contributed by atoms with E-state index in [1.807, 2.05) is 43.3 Å². The summed E-state index contributed by atoms with van der Waals surface area (Å²) in [4.78, 5) is 40.6. The van der Waals surface area contributed by atoms with Crippen molar-refractivity contribution in [2.24, 2.45) is 5.10 Å². The molecule has 0 heterocycles. The minimum atomic E-state index is -0.639. The Labute approximate surface area is 246 Å². The number of anilines is 1. The Morgan fingerprint density at radius 2 is 1.46 bits per heavy atom. The molecule has 2 amide bonds. The van der Waals surface area contributed by atoms with Crippen LogP contribution < -0.4 is 20.4 Å². The average Bonchev–Trinajstić information content (AvgIpc) is 2.99. The average molecular weight is 611 g/mol. The lowest BCUT2D eigenvalue weighted by molar-refractivity contribution is -0.117. The van der Waals surface area contributed by atoms with E-state index >= 15 is 0 Å². The van der Waals surface area contributed by atoms with Gasteiger partial charge in [0.1, 0.15) is 11.4 Å². The predicted molar refractivity (Wildman–Crippen MR) is 164 cm³/mol. The Bertz CT molecular complexity index is 1590. The second-order valence-corrected chi connectivity index (χ2v) is 9.92. The molecule has 0 atom stereocenters. The molecule has 9 heteroatoms. The highest BCUT2D eigenvalue weighted by atomic mass is 79.9. The van der Waals surface area contributed by atoms with Crippen LogP contribution in [0.15, 0.2) is 118 Å². The van der Waals surface area contributed by atoms with Gasteiger partial charge in [-0.05, 0) is 66.2 Å². The van der Waals surface area contributed by atoms with Crippen LogP contribution in [0.4, 0.5) is 5.69 Å². The first kappa shape index (κ1) is 29.0. The number of ether oxygens (including phenoxy) is 1. The lowest BCUT2D eigenvalue weighted by Crippen LogP contribution is -2.32. The quantitative estimate of drug-likeness (QED) is 0.0838. The number of carbonyl (C=O) groups excluding carboxylic acids is 3. The zero-order valence-corrected chi connectivity index (χ0v) is 24.0. The van der Waals surface area contributed by atoms with Crippen LogP contribution in [0, 0.1) is 0 Å². The first-order valence-corrected chi connectivity index (χ1v) is 13.3. The van der Waals surface area contributed by atoms with Crippen LogP contribution in [0.25, 0.3) is 6.08 Å². The Morgan fingerprint density at radius 1 is 0.829 bits per heavy atom. The van der Waals surface area contributed by atoms with Crippen LogP contribution in [-0.2, 0) is 4.79 Å². The minimum absolute atomic E-state index is 0.00132. The number of hydrogen-bond acceptors (Lipinski definition) is 6. The smallest absolute Gasteiger partial charge is 0.343 e. The zero-order chi connectivity index (χ0) is 29.2. The second kappa shape index (κ2) is 13.9. The molecule has 0 spiro atoms. The summed E-state index contributed by atoms with van der Waals surface area (Å²) in [7, 11) is 3.86. The standard InChI is InChI=1S/C32H27BrN4O4/c1-37(2)27-16-13-22(14-17-27)19-28(35-30(38)23-9-5-3-6-10-23)31(39)36-34-21-25-20-26(33)15-18-29(25)41-32(40)24-11-7-4-8-12-24/h3-21H,1-2H3,(H,35,38)(H,36,39). The van der Waals surface area contributed by atoms with Crippen molar-refractivity contribution in [3.8, 4) is 5.75 Å². The highest BCUT2D eigenvalue weighted by Gasteiger charge is 2.15. The van der Waals surface area contributed by atoms with Crippen LogP contribution in [0.5, 0.6) is 5.75 Å². The number of rotatable bonds is 9. The monoisotopic (exact) mass is 610 g/mol. The third kappa shape index (κ3) is 8.23. The lowest BCUT2D eigenvalue weighted by Gasteiger charge is -2.13. The number of halogens is 1. The molecule has 0 aliphatic carbocycles. The van der Waals surface area contributed by atoms with E-state index in [2.05, 4.69) is 31.8 Å². The van der Waals surface area contributed by atoms with Gasteiger partial charge in [0.05, 0.1) is 11.8 Å². The molecular formula is C32H27BrN4O4. The summed E-state index contributed by atoms with van der Waals surface area (Å²) in [5.41, 5.74) is 5.39. The van der Waals surface area contributed by atoms with Crippen molar-refractivity contribution in [2.45, 2.75) is 0 Å². The van der Waals surface area contributed by atoms with E-state index in [4.69, 9.17) is 4.74 Å². The highest BCUT2D eigenvalue weighted by Crippen LogP contribution is 2.23.